The van der Waals surface area contributed by atoms with Gasteiger partial charge in [0.1, 0.15) is 0 Å². The van der Waals surface area contributed by atoms with Crippen molar-refractivity contribution in [3.8, 4) is 0 Å². The van der Waals surface area contributed by atoms with Crippen LogP contribution in [0.15, 0.2) is 30.3 Å². The first-order valence-corrected chi connectivity index (χ1v) is 7.79. The van der Waals surface area contributed by atoms with Crippen molar-refractivity contribution in [3.05, 3.63) is 35.9 Å². The zero-order valence-corrected chi connectivity index (χ0v) is 12.6. The van der Waals surface area contributed by atoms with Crippen molar-refractivity contribution in [1.29, 1.82) is 0 Å². The Balaban J connectivity index is 1.67. The van der Waals surface area contributed by atoms with Crippen molar-refractivity contribution in [2.45, 2.75) is 44.3 Å². The molecule has 3 heteroatoms. The second-order valence-corrected chi connectivity index (χ2v) is 6.60. The Kier molecular flexibility index (Phi) is 4.11. The Morgan fingerprint density at radius 3 is 2.85 bits per heavy atom. The van der Waals surface area contributed by atoms with E-state index in [9.17, 15) is 0 Å². The molecule has 2 aliphatic heterocycles. The van der Waals surface area contributed by atoms with Gasteiger partial charge in [0.15, 0.2) is 0 Å². The summed E-state index contributed by atoms with van der Waals surface area (Å²) in [5.74, 6) is 0. The highest BCUT2D eigenvalue weighted by Crippen LogP contribution is 2.29. The van der Waals surface area contributed by atoms with E-state index in [-0.39, 0.29) is 5.54 Å². The van der Waals surface area contributed by atoms with Crippen LogP contribution in [0.3, 0.4) is 0 Å². The summed E-state index contributed by atoms with van der Waals surface area (Å²) in [7, 11) is 0. The first-order valence-electron chi connectivity index (χ1n) is 7.79. The Morgan fingerprint density at radius 2 is 2.15 bits per heavy atom. The average Bonchev–Trinajstić information content (AvgIpc) is 2.90. The molecule has 3 unspecified atom stereocenters. The average molecular weight is 274 g/mol. The van der Waals surface area contributed by atoms with Gasteiger partial charge in [-0.05, 0) is 32.3 Å². The molecule has 0 aliphatic carbocycles. The van der Waals surface area contributed by atoms with Gasteiger partial charge in [-0.1, -0.05) is 30.3 Å². The number of nitrogens with one attached hydrogen (secondary N) is 1. The van der Waals surface area contributed by atoms with E-state index in [1.807, 2.05) is 0 Å². The topological polar surface area (TPSA) is 24.5 Å². The van der Waals surface area contributed by atoms with Gasteiger partial charge in [0.25, 0.3) is 0 Å². The highest BCUT2D eigenvalue weighted by Gasteiger charge is 2.41. The maximum absolute atomic E-state index is 5.65. The number of piperazine rings is 1. The molecule has 20 heavy (non-hydrogen) atoms. The Bertz CT molecular complexity index is 428. The Hall–Kier alpha value is -0.900. The van der Waals surface area contributed by atoms with Crippen LogP contribution < -0.4 is 5.32 Å². The zero-order chi connectivity index (χ0) is 14.0. The number of nitrogens with zero attached hydrogens (tertiary/aromatic N) is 1. The highest BCUT2D eigenvalue weighted by atomic mass is 16.5. The standard InChI is InChI=1S/C17H26N2O/c1-14-11-18-16(10-15-6-4-3-5-7-15)12-19(14)17(2)8-9-20-13-17/h3-7,14,16,18H,8-13H2,1-2H3. The highest BCUT2D eigenvalue weighted by molar-refractivity contribution is 5.16. The minimum absolute atomic E-state index is 0.233. The summed E-state index contributed by atoms with van der Waals surface area (Å²) in [6, 6.07) is 11.9. The molecule has 3 rings (SSSR count). The van der Waals surface area contributed by atoms with Gasteiger partial charge in [0.05, 0.1) is 6.61 Å². The lowest BCUT2D eigenvalue weighted by Gasteiger charge is -2.47. The molecule has 1 N–H and O–H groups in total. The predicted molar refractivity (Wildman–Crippen MR) is 81.9 cm³/mol. The Morgan fingerprint density at radius 1 is 1.35 bits per heavy atom. The number of hydrogen-bond donors (Lipinski definition) is 1. The molecule has 3 nitrogen and oxygen atoms in total. The first kappa shape index (κ1) is 14.1. The summed E-state index contributed by atoms with van der Waals surface area (Å²) < 4.78 is 5.65. The molecule has 110 valence electrons. The molecule has 2 fully saturated rings. The smallest absolute Gasteiger partial charge is 0.0648 e. The van der Waals surface area contributed by atoms with Gasteiger partial charge >= 0.3 is 0 Å². The summed E-state index contributed by atoms with van der Waals surface area (Å²) in [5.41, 5.74) is 1.66. The van der Waals surface area contributed by atoms with Crippen LogP contribution in [0.2, 0.25) is 0 Å². The Labute approximate surface area is 122 Å². The van der Waals surface area contributed by atoms with E-state index < -0.39 is 0 Å². The molecule has 0 aromatic heterocycles. The van der Waals surface area contributed by atoms with Crippen molar-refractivity contribution in [2.24, 2.45) is 0 Å². The molecule has 0 bridgehead atoms. The van der Waals surface area contributed by atoms with E-state index >= 15 is 0 Å². The van der Waals surface area contributed by atoms with E-state index in [1.54, 1.807) is 0 Å². The molecule has 3 atom stereocenters. The third-order valence-electron chi connectivity index (χ3n) is 4.87. The molecule has 1 aromatic rings. The monoisotopic (exact) mass is 274 g/mol. The molecule has 1 aromatic carbocycles. The fraction of sp³-hybridized carbons (Fsp3) is 0.647. The molecular weight excluding hydrogens is 248 g/mol. The van der Waals surface area contributed by atoms with Gasteiger partial charge in [-0.15, -0.1) is 0 Å². The zero-order valence-electron chi connectivity index (χ0n) is 12.6. The largest absolute Gasteiger partial charge is 0.379 e. The van der Waals surface area contributed by atoms with E-state index in [1.165, 1.54) is 5.56 Å². The van der Waals surface area contributed by atoms with Crippen molar-refractivity contribution >= 4 is 0 Å². The lowest BCUT2D eigenvalue weighted by molar-refractivity contribution is 0.0189. The number of rotatable bonds is 3. The van der Waals surface area contributed by atoms with Gasteiger partial charge in [0, 0.05) is 37.3 Å². The molecule has 0 saturated carbocycles. The van der Waals surface area contributed by atoms with E-state index in [0.717, 1.165) is 39.1 Å². The number of ether oxygens (including phenoxy) is 1. The minimum Gasteiger partial charge on any atom is -0.379 e. The molecule has 2 aliphatic rings. The van der Waals surface area contributed by atoms with E-state index in [0.29, 0.717) is 12.1 Å². The minimum atomic E-state index is 0.233. The second kappa shape index (κ2) is 5.84. The summed E-state index contributed by atoms with van der Waals surface area (Å²) in [6.45, 7) is 8.69. The molecule has 2 heterocycles. The van der Waals surface area contributed by atoms with Crippen molar-refractivity contribution in [2.75, 3.05) is 26.3 Å². The second-order valence-electron chi connectivity index (χ2n) is 6.60. The molecule has 2 saturated heterocycles. The van der Waals surface area contributed by atoms with Crippen LogP contribution in [0.1, 0.15) is 25.8 Å². The first-order chi connectivity index (χ1) is 9.67. The van der Waals surface area contributed by atoms with Crippen molar-refractivity contribution in [3.63, 3.8) is 0 Å². The van der Waals surface area contributed by atoms with Gasteiger partial charge in [-0.2, -0.15) is 0 Å². The van der Waals surface area contributed by atoms with Gasteiger partial charge in [0.2, 0.25) is 0 Å². The van der Waals surface area contributed by atoms with Crippen LogP contribution in [0.5, 0.6) is 0 Å². The summed E-state index contributed by atoms with van der Waals surface area (Å²) in [5, 5.41) is 3.71. The van der Waals surface area contributed by atoms with Gasteiger partial charge in [-0.25, -0.2) is 0 Å². The molecule has 0 radical (unpaired) electrons. The van der Waals surface area contributed by atoms with Crippen LogP contribution in [0.4, 0.5) is 0 Å². The quantitative estimate of drug-likeness (QED) is 0.913. The van der Waals surface area contributed by atoms with Crippen LogP contribution in [0.25, 0.3) is 0 Å². The van der Waals surface area contributed by atoms with Crippen LogP contribution in [-0.4, -0.2) is 48.8 Å². The SMILES string of the molecule is CC1CNC(Cc2ccccc2)CN1C1(C)CCOC1. The van der Waals surface area contributed by atoms with Crippen LogP contribution in [0, 0.1) is 0 Å². The van der Waals surface area contributed by atoms with Crippen LogP contribution in [-0.2, 0) is 11.2 Å². The van der Waals surface area contributed by atoms with Crippen molar-refractivity contribution in [1.82, 2.24) is 10.2 Å². The third kappa shape index (κ3) is 2.90. The number of hydrogen-bond acceptors (Lipinski definition) is 3. The molecule has 0 spiro atoms. The number of benzene rings is 1. The predicted octanol–water partition coefficient (Wildman–Crippen LogP) is 2.07. The lowest BCUT2D eigenvalue weighted by atomic mass is 9.92. The van der Waals surface area contributed by atoms with Crippen LogP contribution >= 0.6 is 0 Å². The third-order valence-corrected chi connectivity index (χ3v) is 4.87. The maximum atomic E-state index is 5.65. The fourth-order valence-electron chi connectivity index (χ4n) is 3.60. The molecular formula is C17H26N2O. The summed E-state index contributed by atoms with van der Waals surface area (Å²) in [4.78, 5) is 2.67. The van der Waals surface area contributed by atoms with Gasteiger partial charge < -0.3 is 10.1 Å². The summed E-state index contributed by atoms with van der Waals surface area (Å²) in [6.07, 6.45) is 2.27. The van der Waals surface area contributed by atoms with Gasteiger partial charge in [-0.3, -0.25) is 4.90 Å². The van der Waals surface area contributed by atoms with E-state index in [4.69, 9.17) is 4.74 Å². The maximum Gasteiger partial charge on any atom is 0.0648 e. The fourth-order valence-corrected chi connectivity index (χ4v) is 3.60. The van der Waals surface area contributed by atoms with E-state index in [2.05, 4.69) is 54.4 Å². The normalized spacial score (nSPS) is 35.3. The molecule has 0 amide bonds. The van der Waals surface area contributed by atoms with Crippen molar-refractivity contribution < 1.29 is 4.74 Å². The summed E-state index contributed by atoms with van der Waals surface area (Å²) >= 11 is 0. The lowest BCUT2D eigenvalue weighted by Crippen LogP contribution is -2.63.